The highest BCUT2D eigenvalue weighted by atomic mass is 15.2. The lowest BCUT2D eigenvalue weighted by Crippen LogP contribution is -2.42. The normalized spacial score (nSPS) is 25.9. The molecule has 17 heavy (non-hydrogen) atoms. The minimum Gasteiger partial charge on any atom is -0.334 e. The molecule has 1 fully saturated rings. The molecule has 3 rings (SSSR count). The Balaban J connectivity index is 1.90. The van der Waals surface area contributed by atoms with E-state index in [0.29, 0.717) is 6.04 Å². The smallest absolute Gasteiger partial charge is 0.105 e. The molecule has 0 saturated carbocycles. The largest absolute Gasteiger partial charge is 0.334 e. The van der Waals surface area contributed by atoms with Gasteiger partial charge in [-0.15, -0.1) is 0 Å². The summed E-state index contributed by atoms with van der Waals surface area (Å²) in [6.45, 7) is 6.61. The van der Waals surface area contributed by atoms with Crippen LogP contribution >= 0.6 is 0 Å². The molecular formula is C13H22N4. The molecule has 2 aliphatic heterocycles. The first-order chi connectivity index (χ1) is 8.27. The van der Waals surface area contributed by atoms with Crippen LogP contribution < -0.4 is 5.32 Å². The van der Waals surface area contributed by atoms with Crippen LogP contribution in [0.1, 0.15) is 42.5 Å². The second-order valence-corrected chi connectivity index (χ2v) is 5.29. The van der Waals surface area contributed by atoms with E-state index in [4.69, 9.17) is 4.98 Å². The van der Waals surface area contributed by atoms with E-state index in [1.54, 1.807) is 0 Å². The van der Waals surface area contributed by atoms with Crippen LogP contribution in [0.2, 0.25) is 0 Å². The maximum absolute atomic E-state index is 4.79. The zero-order valence-electron chi connectivity index (χ0n) is 10.9. The van der Waals surface area contributed by atoms with E-state index in [9.17, 15) is 0 Å². The van der Waals surface area contributed by atoms with Gasteiger partial charge in [-0.05, 0) is 32.9 Å². The van der Waals surface area contributed by atoms with Crippen molar-refractivity contribution in [3.63, 3.8) is 0 Å². The molecular weight excluding hydrogens is 212 g/mol. The summed E-state index contributed by atoms with van der Waals surface area (Å²) in [6.07, 6.45) is 4.08. The maximum atomic E-state index is 4.79. The van der Waals surface area contributed by atoms with Gasteiger partial charge in [0.05, 0.1) is 17.4 Å². The number of hydrogen-bond acceptors (Lipinski definition) is 3. The first kappa shape index (κ1) is 11.2. The molecule has 3 heterocycles. The predicted octanol–water partition coefficient (Wildman–Crippen LogP) is 1.36. The molecule has 1 saturated heterocycles. The molecule has 0 aromatic carbocycles. The van der Waals surface area contributed by atoms with E-state index in [-0.39, 0.29) is 0 Å². The second-order valence-electron chi connectivity index (χ2n) is 5.29. The van der Waals surface area contributed by atoms with Crippen molar-refractivity contribution >= 4 is 0 Å². The lowest BCUT2D eigenvalue weighted by Gasteiger charge is -2.36. The van der Waals surface area contributed by atoms with Crippen LogP contribution in [0.3, 0.4) is 0 Å². The van der Waals surface area contributed by atoms with Crippen molar-refractivity contribution in [3.05, 3.63) is 17.2 Å². The molecule has 0 amide bonds. The lowest BCUT2D eigenvalue weighted by atomic mass is 10.0. The third-order valence-corrected chi connectivity index (χ3v) is 4.25. The van der Waals surface area contributed by atoms with Crippen molar-refractivity contribution in [2.24, 2.45) is 7.05 Å². The molecule has 1 aromatic rings. The van der Waals surface area contributed by atoms with Crippen LogP contribution in [0.25, 0.3) is 0 Å². The molecule has 0 radical (unpaired) electrons. The van der Waals surface area contributed by atoms with Crippen molar-refractivity contribution in [2.75, 3.05) is 19.6 Å². The first-order valence-corrected chi connectivity index (χ1v) is 6.74. The molecule has 1 aromatic heterocycles. The van der Waals surface area contributed by atoms with Gasteiger partial charge in [0, 0.05) is 20.1 Å². The fourth-order valence-electron chi connectivity index (χ4n) is 3.11. The number of fused-ring (bicyclic) bond motifs is 1. The van der Waals surface area contributed by atoms with Gasteiger partial charge in [-0.1, -0.05) is 6.42 Å². The average molecular weight is 234 g/mol. The van der Waals surface area contributed by atoms with Crippen molar-refractivity contribution < 1.29 is 0 Å². The summed E-state index contributed by atoms with van der Waals surface area (Å²) in [5, 5.41) is 3.54. The molecule has 1 atom stereocenters. The summed E-state index contributed by atoms with van der Waals surface area (Å²) in [5.74, 6) is 1.14. The summed E-state index contributed by atoms with van der Waals surface area (Å²) in [4.78, 5) is 7.40. The molecule has 4 nitrogen and oxygen atoms in total. The Bertz CT molecular complexity index is 404. The lowest BCUT2D eigenvalue weighted by molar-refractivity contribution is 0.151. The molecule has 2 aliphatic rings. The van der Waals surface area contributed by atoms with Gasteiger partial charge in [-0.3, -0.25) is 4.90 Å². The van der Waals surface area contributed by atoms with Gasteiger partial charge in [0.25, 0.3) is 0 Å². The van der Waals surface area contributed by atoms with Gasteiger partial charge in [-0.25, -0.2) is 4.98 Å². The van der Waals surface area contributed by atoms with E-state index in [1.165, 1.54) is 43.7 Å². The fourth-order valence-corrected chi connectivity index (χ4v) is 3.11. The average Bonchev–Trinajstić information content (AvgIpc) is 2.67. The third kappa shape index (κ3) is 1.89. The number of nitrogens with one attached hydrogen (secondary N) is 1. The van der Waals surface area contributed by atoms with Crippen LogP contribution in [-0.4, -0.2) is 34.1 Å². The van der Waals surface area contributed by atoms with E-state index in [0.717, 1.165) is 18.9 Å². The van der Waals surface area contributed by atoms with Gasteiger partial charge >= 0.3 is 0 Å². The van der Waals surface area contributed by atoms with Gasteiger partial charge in [-0.2, -0.15) is 0 Å². The fraction of sp³-hybridized carbons (Fsp3) is 0.769. The summed E-state index contributed by atoms with van der Waals surface area (Å²) < 4.78 is 2.23. The standard InChI is InChI=1S/C13H22N4/c1-10-15-13-11(16(10)2)8-14-9-12(13)17-6-4-3-5-7-17/h12,14H,3-9H2,1-2H3. The summed E-state index contributed by atoms with van der Waals surface area (Å²) in [7, 11) is 2.13. The number of piperidine rings is 1. The van der Waals surface area contributed by atoms with E-state index >= 15 is 0 Å². The van der Waals surface area contributed by atoms with Crippen molar-refractivity contribution in [1.82, 2.24) is 19.8 Å². The number of hydrogen-bond donors (Lipinski definition) is 1. The van der Waals surface area contributed by atoms with E-state index in [2.05, 4.69) is 28.8 Å². The van der Waals surface area contributed by atoms with E-state index in [1.807, 2.05) is 0 Å². The summed E-state index contributed by atoms with van der Waals surface area (Å²) in [6, 6.07) is 0.499. The third-order valence-electron chi connectivity index (χ3n) is 4.25. The SMILES string of the molecule is Cc1nc2c(n1C)CNCC2N1CCCCC1. The highest BCUT2D eigenvalue weighted by Crippen LogP contribution is 2.29. The maximum Gasteiger partial charge on any atom is 0.105 e. The Morgan fingerprint density at radius 2 is 2.00 bits per heavy atom. The number of nitrogens with zero attached hydrogens (tertiary/aromatic N) is 3. The van der Waals surface area contributed by atoms with Crippen LogP contribution in [0.4, 0.5) is 0 Å². The molecule has 1 unspecified atom stereocenters. The van der Waals surface area contributed by atoms with Crippen LogP contribution in [0.15, 0.2) is 0 Å². The van der Waals surface area contributed by atoms with Crippen molar-refractivity contribution in [3.8, 4) is 0 Å². The Hall–Kier alpha value is -0.870. The molecule has 4 heteroatoms. The minimum absolute atomic E-state index is 0.499. The Labute approximate surface area is 103 Å². The Morgan fingerprint density at radius 3 is 2.76 bits per heavy atom. The van der Waals surface area contributed by atoms with Gasteiger partial charge in [0.1, 0.15) is 5.82 Å². The molecule has 0 aliphatic carbocycles. The number of imidazole rings is 1. The zero-order chi connectivity index (χ0) is 11.8. The summed E-state index contributed by atoms with van der Waals surface area (Å²) in [5.41, 5.74) is 2.70. The van der Waals surface area contributed by atoms with Crippen molar-refractivity contribution in [2.45, 2.75) is 38.8 Å². The number of aromatic nitrogens is 2. The molecule has 94 valence electrons. The van der Waals surface area contributed by atoms with Crippen LogP contribution in [0.5, 0.6) is 0 Å². The first-order valence-electron chi connectivity index (χ1n) is 6.74. The monoisotopic (exact) mass is 234 g/mol. The summed E-state index contributed by atoms with van der Waals surface area (Å²) >= 11 is 0. The van der Waals surface area contributed by atoms with E-state index < -0.39 is 0 Å². The quantitative estimate of drug-likeness (QED) is 0.796. The Kier molecular flexibility index (Phi) is 2.92. The van der Waals surface area contributed by atoms with Gasteiger partial charge < -0.3 is 9.88 Å². The number of rotatable bonds is 1. The second kappa shape index (κ2) is 4.42. The highest BCUT2D eigenvalue weighted by Gasteiger charge is 2.30. The topological polar surface area (TPSA) is 33.1 Å². The molecule has 0 bridgehead atoms. The number of aryl methyl sites for hydroxylation is 1. The highest BCUT2D eigenvalue weighted by molar-refractivity contribution is 5.23. The molecule has 1 N–H and O–H groups in total. The van der Waals surface area contributed by atoms with Crippen molar-refractivity contribution in [1.29, 1.82) is 0 Å². The zero-order valence-corrected chi connectivity index (χ0v) is 10.9. The Morgan fingerprint density at radius 1 is 1.24 bits per heavy atom. The van der Waals surface area contributed by atoms with Gasteiger partial charge in [0.2, 0.25) is 0 Å². The predicted molar refractivity (Wildman–Crippen MR) is 67.8 cm³/mol. The minimum atomic E-state index is 0.499. The number of likely N-dealkylation sites (tertiary alicyclic amines) is 1. The van der Waals surface area contributed by atoms with Crippen LogP contribution in [0, 0.1) is 6.92 Å². The molecule has 0 spiro atoms. The van der Waals surface area contributed by atoms with Gasteiger partial charge in [0.15, 0.2) is 0 Å². The van der Waals surface area contributed by atoms with Crippen LogP contribution in [-0.2, 0) is 13.6 Å².